The quantitative estimate of drug-likeness (QED) is 0.400. The van der Waals surface area contributed by atoms with Gasteiger partial charge in [0.1, 0.15) is 5.82 Å². The van der Waals surface area contributed by atoms with E-state index in [0.29, 0.717) is 11.3 Å². The summed E-state index contributed by atoms with van der Waals surface area (Å²) in [6, 6.07) is 7.40. The molecule has 1 aromatic carbocycles. The fourth-order valence-corrected chi connectivity index (χ4v) is 6.35. The fraction of sp³-hybridized carbons (Fsp3) is 0.769. The summed E-state index contributed by atoms with van der Waals surface area (Å²) >= 11 is 0. The van der Waals surface area contributed by atoms with Crippen molar-refractivity contribution in [2.45, 2.75) is 110 Å². The number of unbranched alkanes of at least 4 members (excludes halogenated alkanes) is 2. The van der Waals surface area contributed by atoms with Crippen molar-refractivity contribution in [3.8, 4) is 0 Å². The average Bonchev–Trinajstić information content (AvgIpc) is 2.69. The molecule has 1 aromatic rings. The maximum atomic E-state index is 13.7. The summed E-state index contributed by atoms with van der Waals surface area (Å²) in [5.74, 6) is 2.47. The predicted molar refractivity (Wildman–Crippen MR) is 115 cm³/mol. The van der Waals surface area contributed by atoms with E-state index in [4.69, 9.17) is 0 Å². The van der Waals surface area contributed by atoms with E-state index in [1.54, 1.807) is 12.1 Å². The summed E-state index contributed by atoms with van der Waals surface area (Å²) in [7, 11) is 0. The molecule has 0 aliphatic heterocycles. The summed E-state index contributed by atoms with van der Waals surface area (Å²) < 4.78 is 13.7. The van der Waals surface area contributed by atoms with Crippen molar-refractivity contribution in [1.29, 1.82) is 0 Å². The number of hydrogen-bond donors (Lipinski definition) is 0. The Balaban J connectivity index is 1.64. The topological polar surface area (TPSA) is 0 Å². The molecule has 0 N–H and O–H groups in total. The summed E-state index contributed by atoms with van der Waals surface area (Å²) in [5.41, 5.74) is 1.83. The van der Waals surface area contributed by atoms with Crippen LogP contribution in [0.3, 0.4) is 0 Å². The van der Waals surface area contributed by atoms with E-state index >= 15 is 0 Å². The van der Waals surface area contributed by atoms with E-state index in [9.17, 15) is 4.39 Å². The van der Waals surface area contributed by atoms with Crippen LogP contribution in [-0.4, -0.2) is 0 Å². The van der Waals surface area contributed by atoms with Gasteiger partial charge in [-0.3, -0.25) is 0 Å². The van der Waals surface area contributed by atoms with Crippen LogP contribution in [0.5, 0.6) is 0 Å². The van der Waals surface area contributed by atoms with Gasteiger partial charge >= 0.3 is 0 Å². The molecule has 27 heavy (non-hydrogen) atoms. The van der Waals surface area contributed by atoms with Gasteiger partial charge in [-0.2, -0.15) is 0 Å². The van der Waals surface area contributed by atoms with Crippen molar-refractivity contribution in [3.63, 3.8) is 0 Å². The Bertz CT molecular complexity index is 547. The second-order valence-electron chi connectivity index (χ2n) is 9.66. The molecule has 0 bridgehead atoms. The number of benzene rings is 1. The predicted octanol–water partition coefficient (Wildman–Crippen LogP) is 8.66. The van der Waals surface area contributed by atoms with Gasteiger partial charge in [-0.05, 0) is 85.8 Å². The van der Waals surface area contributed by atoms with Gasteiger partial charge in [-0.15, -0.1) is 0 Å². The van der Waals surface area contributed by atoms with E-state index in [2.05, 4.69) is 19.9 Å². The first kappa shape index (κ1) is 20.9. The summed E-state index contributed by atoms with van der Waals surface area (Å²) in [6.07, 6.45) is 19.5. The molecule has 2 fully saturated rings. The minimum Gasteiger partial charge on any atom is -0.207 e. The van der Waals surface area contributed by atoms with Crippen LogP contribution in [0.4, 0.5) is 4.39 Å². The highest BCUT2D eigenvalue weighted by molar-refractivity contribution is 5.21. The largest absolute Gasteiger partial charge is 0.207 e. The van der Waals surface area contributed by atoms with Gasteiger partial charge in [0.05, 0.1) is 0 Å². The number of hydrogen-bond acceptors (Lipinski definition) is 0. The Morgan fingerprint density at radius 1 is 0.926 bits per heavy atom. The highest BCUT2D eigenvalue weighted by Crippen LogP contribution is 2.54. The SMILES string of the molecule is CCCCCC1(C2CCC(CCC)CC2)CCC(c2cccc(F)c2)CC1. The molecule has 0 atom stereocenters. The molecule has 0 amide bonds. The van der Waals surface area contributed by atoms with Crippen LogP contribution in [0.2, 0.25) is 0 Å². The molecule has 0 radical (unpaired) electrons. The van der Waals surface area contributed by atoms with Crippen LogP contribution in [0.15, 0.2) is 24.3 Å². The minimum atomic E-state index is -0.0680. The molecule has 0 heterocycles. The highest BCUT2D eigenvalue weighted by atomic mass is 19.1. The van der Waals surface area contributed by atoms with Gasteiger partial charge in [0.2, 0.25) is 0 Å². The summed E-state index contributed by atoms with van der Waals surface area (Å²) in [5, 5.41) is 0. The van der Waals surface area contributed by atoms with Crippen LogP contribution in [0.1, 0.15) is 115 Å². The van der Waals surface area contributed by atoms with Crippen LogP contribution < -0.4 is 0 Å². The Morgan fingerprint density at radius 2 is 1.67 bits per heavy atom. The maximum absolute atomic E-state index is 13.7. The monoisotopic (exact) mass is 372 g/mol. The zero-order chi connectivity index (χ0) is 19.1. The molecule has 0 nitrogen and oxygen atoms in total. The van der Waals surface area contributed by atoms with E-state index in [1.807, 2.05) is 6.07 Å². The molecule has 152 valence electrons. The van der Waals surface area contributed by atoms with Crippen molar-refractivity contribution in [1.82, 2.24) is 0 Å². The molecule has 3 rings (SSSR count). The lowest BCUT2D eigenvalue weighted by molar-refractivity contribution is 0.0369. The van der Waals surface area contributed by atoms with Gasteiger partial charge in [-0.1, -0.05) is 70.9 Å². The molecule has 0 saturated heterocycles. The lowest BCUT2D eigenvalue weighted by atomic mass is 9.57. The molecular formula is C26H41F. The van der Waals surface area contributed by atoms with Gasteiger partial charge in [0.25, 0.3) is 0 Å². The van der Waals surface area contributed by atoms with Gasteiger partial charge < -0.3 is 0 Å². The summed E-state index contributed by atoms with van der Waals surface area (Å²) in [6.45, 7) is 4.66. The first-order chi connectivity index (χ1) is 13.2. The second-order valence-corrected chi connectivity index (χ2v) is 9.66. The molecule has 0 spiro atoms. The lowest BCUT2D eigenvalue weighted by Crippen LogP contribution is -2.37. The molecule has 2 aliphatic carbocycles. The third kappa shape index (κ3) is 5.36. The maximum Gasteiger partial charge on any atom is 0.123 e. The zero-order valence-electron chi connectivity index (χ0n) is 17.8. The van der Waals surface area contributed by atoms with E-state index in [1.165, 1.54) is 95.5 Å². The fourth-order valence-electron chi connectivity index (χ4n) is 6.35. The van der Waals surface area contributed by atoms with Crippen LogP contribution in [-0.2, 0) is 0 Å². The third-order valence-corrected chi connectivity index (χ3v) is 7.99. The van der Waals surface area contributed by atoms with Gasteiger partial charge in [-0.25, -0.2) is 4.39 Å². The Hall–Kier alpha value is -0.850. The molecule has 2 aliphatic rings. The molecule has 0 aromatic heterocycles. The number of halogens is 1. The van der Waals surface area contributed by atoms with E-state index in [-0.39, 0.29) is 5.82 Å². The third-order valence-electron chi connectivity index (χ3n) is 7.99. The first-order valence-electron chi connectivity index (χ1n) is 11.9. The molecule has 0 unspecified atom stereocenters. The van der Waals surface area contributed by atoms with Crippen molar-refractivity contribution >= 4 is 0 Å². The Morgan fingerprint density at radius 3 is 2.30 bits per heavy atom. The normalized spacial score (nSPS) is 31.7. The van der Waals surface area contributed by atoms with Crippen LogP contribution in [0, 0.1) is 23.1 Å². The van der Waals surface area contributed by atoms with Crippen LogP contribution >= 0.6 is 0 Å². The number of rotatable bonds is 8. The molecular weight excluding hydrogens is 331 g/mol. The summed E-state index contributed by atoms with van der Waals surface area (Å²) in [4.78, 5) is 0. The second kappa shape index (κ2) is 10.1. The Labute approximate surface area is 167 Å². The van der Waals surface area contributed by atoms with E-state index in [0.717, 1.165) is 11.8 Å². The zero-order valence-corrected chi connectivity index (χ0v) is 17.8. The smallest absolute Gasteiger partial charge is 0.123 e. The highest BCUT2D eigenvalue weighted by Gasteiger charge is 2.42. The van der Waals surface area contributed by atoms with Crippen molar-refractivity contribution < 1.29 is 4.39 Å². The van der Waals surface area contributed by atoms with Crippen LogP contribution in [0.25, 0.3) is 0 Å². The van der Waals surface area contributed by atoms with Gasteiger partial charge in [0.15, 0.2) is 0 Å². The molecule has 1 heteroatoms. The lowest BCUT2D eigenvalue weighted by Gasteiger charge is -2.48. The van der Waals surface area contributed by atoms with Crippen molar-refractivity contribution in [3.05, 3.63) is 35.6 Å². The molecule has 2 saturated carbocycles. The van der Waals surface area contributed by atoms with Crippen molar-refractivity contribution in [2.75, 3.05) is 0 Å². The van der Waals surface area contributed by atoms with Gasteiger partial charge in [0, 0.05) is 0 Å². The minimum absolute atomic E-state index is 0.0680. The average molecular weight is 373 g/mol. The Kier molecular flexibility index (Phi) is 7.79. The van der Waals surface area contributed by atoms with Crippen molar-refractivity contribution in [2.24, 2.45) is 17.3 Å². The first-order valence-corrected chi connectivity index (χ1v) is 11.9. The standard InChI is InChI=1S/C26H41F/c1-3-5-6-17-26(24-13-11-21(8-4-2)12-14-24)18-15-22(16-19-26)23-9-7-10-25(27)20-23/h7,9-10,20-22,24H,3-6,8,11-19H2,1-2H3. The van der Waals surface area contributed by atoms with E-state index < -0.39 is 0 Å².